The number of nitrogens with one attached hydrogen (secondary N) is 1. The van der Waals surface area contributed by atoms with Gasteiger partial charge in [-0.3, -0.25) is 4.79 Å². The molecule has 2 aliphatic carbocycles. The average Bonchev–Trinajstić information content (AvgIpc) is 2.94. The first-order valence-corrected chi connectivity index (χ1v) is 8.05. The zero-order chi connectivity index (χ0) is 16.7. The number of benzene rings is 1. The first-order chi connectivity index (χ1) is 10.8. The maximum Gasteiger partial charge on any atom is 0.403 e. The Morgan fingerprint density at radius 3 is 2.22 bits per heavy atom. The van der Waals surface area contributed by atoms with Crippen LogP contribution in [-0.4, -0.2) is 18.1 Å². The molecule has 126 valence electrons. The number of halogens is 3. The van der Waals surface area contributed by atoms with Crippen molar-refractivity contribution in [3.8, 4) is 0 Å². The SMILES string of the molecule is Nc1ccc(C2CC(NC(=O)C3(C(F)(F)F)CCCC3)C2)cc1. The van der Waals surface area contributed by atoms with E-state index < -0.39 is 17.5 Å². The zero-order valence-electron chi connectivity index (χ0n) is 12.8. The van der Waals surface area contributed by atoms with E-state index in [0.29, 0.717) is 31.4 Å². The van der Waals surface area contributed by atoms with Gasteiger partial charge < -0.3 is 11.1 Å². The molecule has 0 unspecified atom stereocenters. The number of amides is 1. The van der Waals surface area contributed by atoms with Crippen LogP contribution in [0.15, 0.2) is 24.3 Å². The van der Waals surface area contributed by atoms with E-state index in [2.05, 4.69) is 5.32 Å². The quantitative estimate of drug-likeness (QED) is 0.831. The number of hydrogen-bond donors (Lipinski definition) is 2. The van der Waals surface area contributed by atoms with Gasteiger partial charge in [-0.15, -0.1) is 0 Å². The predicted molar refractivity (Wildman–Crippen MR) is 81.7 cm³/mol. The van der Waals surface area contributed by atoms with E-state index in [-0.39, 0.29) is 24.8 Å². The van der Waals surface area contributed by atoms with E-state index in [4.69, 9.17) is 5.73 Å². The summed E-state index contributed by atoms with van der Waals surface area (Å²) in [6.07, 6.45) is -2.34. The van der Waals surface area contributed by atoms with Gasteiger partial charge in [-0.25, -0.2) is 0 Å². The molecule has 0 aliphatic heterocycles. The van der Waals surface area contributed by atoms with E-state index >= 15 is 0 Å². The largest absolute Gasteiger partial charge is 0.403 e. The fraction of sp³-hybridized carbons (Fsp3) is 0.588. The number of carbonyl (C=O) groups excluding carboxylic acids is 1. The molecular weight excluding hydrogens is 305 g/mol. The summed E-state index contributed by atoms with van der Waals surface area (Å²) in [6.45, 7) is 0. The standard InChI is InChI=1S/C17H21F3N2O/c18-17(19,20)16(7-1-2-8-16)15(23)22-14-9-12(10-14)11-3-5-13(21)6-4-11/h3-6,12,14H,1-2,7-10,21H2,(H,22,23). The molecule has 0 atom stereocenters. The Hall–Kier alpha value is -1.72. The van der Waals surface area contributed by atoms with Crippen molar-refractivity contribution in [2.45, 2.75) is 56.7 Å². The third-order valence-electron chi connectivity index (χ3n) is 5.32. The minimum absolute atomic E-state index is 0.0869. The van der Waals surface area contributed by atoms with Crippen molar-refractivity contribution in [2.75, 3.05) is 5.73 Å². The van der Waals surface area contributed by atoms with Gasteiger partial charge in [-0.1, -0.05) is 25.0 Å². The molecule has 3 nitrogen and oxygen atoms in total. The Bertz CT molecular complexity index is 570. The van der Waals surface area contributed by atoms with Gasteiger partial charge in [-0.05, 0) is 49.3 Å². The van der Waals surface area contributed by atoms with Gasteiger partial charge in [0.05, 0.1) is 0 Å². The fourth-order valence-corrected chi connectivity index (χ4v) is 3.72. The van der Waals surface area contributed by atoms with Crippen LogP contribution in [0.4, 0.5) is 18.9 Å². The summed E-state index contributed by atoms with van der Waals surface area (Å²) in [6, 6.07) is 7.35. The van der Waals surface area contributed by atoms with Crippen molar-refractivity contribution < 1.29 is 18.0 Å². The number of alkyl halides is 3. The van der Waals surface area contributed by atoms with Crippen LogP contribution in [0.5, 0.6) is 0 Å². The molecule has 0 heterocycles. The summed E-state index contributed by atoms with van der Waals surface area (Å²) >= 11 is 0. The lowest BCUT2D eigenvalue weighted by Gasteiger charge is -2.39. The van der Waals surface area contributed by atoms with Gasteiger partial charge >= 0.3 is 6.18 Å². The highest BCUT2D eigenvalue weighted by molar-refractivity contribution is 5.84. The van der Waals surface area contributed by atoms with Gasteiger partial charge in [-0.2, -0.15) is 13.2 Å². The molecule has 23 heavy (non-hydrogen) atoms. The van der Waals surface area contributed by atoms with E-state index in [0.717, 1.165) is 5.56 Å². The van der Waals surface area contributed by atoms with Crippen molar-refractivity contribution in [1.82, 2.24) is 5.32 Å². The Kier molecular flexibility index (Phi) is 4.02. The molecule has 0 aromatic heterocycles. The summed E-state index contributed by atoms with van der Waals surface area (Å²) in [5.74, 6) is -0.547. The molecule has 0 radical (unpaired) electrons. The van der Waals surface area contributed by atoms with Crippen LogP contribution in [0.25, 0.3) is 0 Å². The maximum absolute atomic E-state index is 13.3. The topological polar surface area (TPSA) is 55.1 Å². The second-order valence-corrected chi connectivity index (χ2v) is 6.79. The van der Waals surface area contributed by atoms with E-state index in [1.807, 2.05) is 24.3 Å². The van der Waals surface area contributed by atoms with Crippen molar-refractivity contribution >= 4 is 11.6 Å². The fourth-order valence-electron chi connectivity index (χ4n) is 3.72. The monoisotopic (exact) mass is 326 g/mol. The highest BCUT2D eigenvalue weighted by Gasteiger charge is 2.61. The van der Waals surface area contributed by atoms with Crippen LogP contribution < -0.4 is 11.1 Å². The Balaban J connectivity index is 1.59. The maximum atomic E-state index is 13.3. The van der Waals surface area contributed by atoms with E-state index in [9.17, 15) is 18.0 Å². The number of carbonyl (C=O) groups is 1. The molecule has 1 aromatic rings. The molecule has 0 bridgehead atoms. The predicted octanol–water partition coefficient (Wildman–Crippen LogP) is 3.75. The number of rotatable bonds is 3. The third-order valence-corrected chi connectivity index (χ3v) is 5.32. The average molecular weight is 326 g/mol. The number of anilines is 1. The minimum atomic E-state index is -4.46. The van der Waals surface area contributed by atoms with Crippen molar-refractivity contribution in [3.05, 3.63) is 29.8 Å². The van der Waals surface area contributed by atoms with E-state index in [1.54, 1.807) is 0 Å². The lowest BCUT2D eigenvalue weighted by molar-refractivity contribution is -0.220. The molecule has 3 rings (SSSR count). The van der Waals surface area contributed by atoms with Crippen molar-refractivity contribution in [1.29, 1.82) is 0 Å². The second kappa shape index (κ2) is 5.73. The molecule has 1 aromatic carbocycles. The molecule has 2 saturated carbocycles. The van der Waals surface area contributed by atoms with Crippen LogP contribution >= 0.6 is 0 Å². The molecule has 3 N–H and O–H groups in total. The van der Waals surface area contributed by atoms with Crippen molar-refractivity contribution in [2.24, 2.45) is 5.41 Å². The van der Waals surface area contributed by atoms with Crippen molar-refractivity contribution in [3.63, 3.8) is 0 Å². The summed E-state index contributed by atoms with van der Waals surface area (Å²) < 4.78 is 40.0. The first kappa shape index (κ1) is 16.1. The smallest absolute Gasteiger partial charge is 0.399 e. The molecule has 1 amide bonds. The van der Waals surface area contributed by atoms with Crippen LogP contribution in [0.2, 0.25) is 0 Å². The molecule has 6 heteroatoms. The van der Waals surface area contributed by atoms with Gasteiger partial charge in [0, 0.05) is 11.7 Å². The Morgan fingerprint density at radius 2 is 1.70 bits per heavy atom. The summed E-state index contributed by atoms with van der Waals surface area (Å²) in [4.78, 5) is 12.3. The van der Waals surface area contributed by atoms with Gasteiger partial charge in [0.2, 0.25) is 5.91 Å². The van der Waals surface area contributed by atoms with Crippen LogP contribution in [0, 0.1) is 5.41 Å². The molecule has 2 aliphatic rings. The number of nitrogen functional groups attached to an aromatic ring is 1. The van der Waals surface area contributed by atoms with Gasteiger partial charge in [0.25, 0.3) is 0 Å². The Morgan fingerprint density at radius 1 is 1.13 bits per heavy atom. The normalized spacial score (nSPS) is 26.6. The number of hydrogen-bond acceptors (Lipinski definition) is 2. The summed E-state index contributed by atoms with van der Waals surface area (Å²) in [5.41, 5.74) is 5.28. The molecule has 0 spiro atoms. The highest BCUT2D eigenvalue weighted by Crippen LogP contribution is 2.51. The van der Waals surface area contributed by atoms with Gasteiger partial charge in [0.1, 0.15) is 5.41 Å². The van der Waals surface area contributed by atoms with Crippen LogP contribution in [0.3, 0.4) is 0 Å². The summed E-state index contributed by atoms with van der Waals surface area (Å²) in [7, 11) is 0. The van der Waals surface area contributed by atoms with E-state index in [1.165, 1.54) is 0 Å². The lowest BCUT2D eigenvalue weighted by atomic mass is 9.75. The zero-order valence-corrected chi connectivity index (χ0v) is 12.8. The minimum Gasteiger partial charge on any atom is -0.399 e. The second-order valence-electron chi connectivity index (χ2n) is 6.79. The third kappa shape index (κ3) is 2.91. The number of nitrogens with two attached hydrogens (primary N) is 1. The van der Waals surface area contributed by atoms with Gasteiger partial charge in [0.15, 0.2) is 0 Å². The highest BCUT2D eigenvalue weighted by atomic mass is 19.4. The molecule has 2 fully saturated rings. The lowest BCUT2D eigenvalue weighted by Crippen LogP contribution is -2.54. The van der Waals surface area contributed by atoms with Crippen LogP contribution in [-0.2, 0) is 4.79 Å². The Labute approximate surface area is 133 Å². The summed E-state index contributed by atoms with van der Waals surface area (Å²) in [5, 5.41) is 2.63. The van der Waals surface area contributed by atoms with Crippen LogP contribution in [0.1, 0.15) is 50.0 Å². The molecule has 0 saturated heterocycles. The first-order valence-electron chi connectivity index (χ1n) is 8.05. The molecular formula is C17H21F3N2O.